The Hall–Kier alpha value is -3.59. The lowest BCUT2D eigenvalue weighted by Gasteiger charge is -2.12. The highest BCUT2D eigenvalue weighted by molar-refractivity contribution is 9.10. The van der Waals surface area contributed by atoms with Crippen molar-refractivity contribution in [1.29, 1.82) is 0 Å². The second-order valence-electron chi connectivity index (χ2n) is 6.78. The first-order valence-electron chi connectivity index (χ1n) is 9.10. The summed E-state index contributed by atoms with van der Waals surface area (Å²) in [5.74, 6) is 0.590. The Labute approximate surface area is 179 Å². The molecule has 9 heteroatoms. The van der Waals surface area contributed by atoms with Crippen molar-refractivity contribution in [3.63, 3.8) is 0 Å². The summed E-state index contributed by atoms with van der Waals surface area (Å²) in [4.78, 5) is 24.8. The van der Waals surface area contributed by atoms with Crippen LogP contribution in [0, 0.1) is 17.0 Å². The number of aryl methyl sites for hydroxylation is 1. The van der Waals surface area contributed by atoms with Gasteiger partial charge in [0.25, 0.3) is 5.69 Å². The average Bonchev–Trinajstić information content (AvgIpc) is 3.30. The molecule has 0 saturated heterocycles. The predicted octanol–water partition coefficient (Wildman–Crippen LogP) is 4.86. The van der Waals surface area contributed by atoms with Crippen LogP contribution >= 0.6 is 15.9 Å². The molecular weight excluding hydrogens is 450 g/mol. The van der Waals surface area contributed by atoms with Gasteiger partial charge in [0.05, 0.1) is 39.8 Å². The summed E-state index contributed by atoms with van der Waals surface area (Å²) in [6.07, 6.45) is 3.11. The van der Waals surface area contributed by atoms with Gasteiger partial charge in [0.15, 0.2) is 12.2 Å². The Balaban J connectivity index is 1.77. The van der Waals surface area contributed by atoms with Crippen LogP contribution in [0.4, 0.5) is 5.69 Å². The van der Waals surface area contributed by atoms with E-state index in [1.54, 1.807) is 24.5 Å². The lowest BCUT2D eigenvalue weighted by molar-refractivity contribution is -0.385. The van der Waals surface area contributed by atoms with Gasteiger partial charge in [-0.15, -0.1) is 0 Å². The monoisotopic (exact) mass is 463 g/mol. The molecule has 0 amide bonds. The van der Waals surface area contributed by atoms with Crippen molar-refractivity contribution < 1.29 is 9.34 Å². The molecule has 0 radical (unpaired) electrons. The summed E-state index contributed by atoms with van der Waals surface area (Å²) in [6.45, 7) is 2.14. The number of fused-ring (bicyclic) bond motifs is 3. The van der Waals surface area contributed by atoms with Crippen molar-refractivity contribution in [2.75, 3.05) is 0 Å². The van der Waals surface area contributed by atoms with Crippen molar-refractivity contribution >= 4 is 27.3 Å². The van der Waals surface area contributed by atoms with E-state index in [0.29, 0.717) is 22.7 Å². The number of benzene rings is 2. The van der Waals surface area contributed by atoms with E-state index in [4.69, 9.17) is 9.41 Å². The van der Waals surface area contributed by atoms with Gasteiger partial charge in [0, 0.05) is 16.1 Å². The van der Waals surface area contributed by atoms with E-state index in [1.807, 2.05) is 29.7 Å². The van der Waals surface area contributed by atoms with Crippen LogP contribution in [0.25, 0.3) is 17.1 Å². The molecule has 0 saturated carbocycles. The normalized spacial score (nSPS) is 12.7. The molecule has 1 aliphatic heterocycles. The Morgan fingerprint density at radius 2 is 2.00 bits per heavy atom. The maximum absolute atomic E-state index is 11.7. The van der Waals surface area contributed by atoms with E-state index < -0.39 is 0 Å². The first-order valence-corrected chi connectivity index (χ1v) is 9.89. The van der Waals surface area contributed by atoms with E-state index in [1.165, 1.54) is 12.5 Å². The summed E-state index contributed by atoms with van der Waals surface area (Å²) >= 11 is 3.51. The molecule has 2 aromatic heterocycles. The molecule has 0 aliphatic carbocycles. The van der Waals surface area contributed by atoms with Gasteiger partial charge in [-0.1, -0.05) is 28.1 Å². The lowest BCUT2D eigenvalue weighted by Crippen LogP contribution is -2.09. The summed E-state index contributed by atoms with van der Waals surface area (Å²) in [6, 6.07) is 12.4. The van der Waals surface area contributed by atoms with E-state index in [0.717, 1.165) is 27.1 Å². The predicted molar refractivity (Wildman–Crippen MR) is 114 cm³/mol. The van der Waals surface area contributed by atoms with Crippen molar-refractivity contribution in [1.82, 2.24) is 14.5 Å². The first-order chi connectivity index (χ1) is 14.5. The molecular formula is C21H14BrN5O3. The van der Waals surface area contributed by atoms with Gasteiger partial charge in [0.1, 0.15) is 12.0 Å². The van der Waals surface area contributed by atoms with Crippen LogP contribution in [0.3, 0.4) is 0 Å². The highest BCUT2D eigenvalue weighted by Crippen LogP contribution is 2.34. The number of oxazole rings is 1. The number of aromatic nitrogens is 3. The fourth-order valence-corrected chi connectivity index (χ4v) is 4.02. The molecule has 5 rings (SSSR count). The van der Waals surface area contributed by atoms with Crippen LogP contribution in [0.2, 0.25) is 0 Å². The molecule has 0 atom stereocenters. The second-order valence-corrected chi connectivity index (χ2v) is 7.69. The molecule has 30 heavy (non-hydrogen) atoms. The number of nitro groups is 1. The number of rotatable bonds is 3. The quantitative estimate of drug-likeness (QED) is 0.319. The highest BCUT2D eigenvalue weighted by atomic mass is 79.9. The molecule has 0 unspecified atom stereocenters. The molecule has 148 valence electrons. The zero-order valence-corrected chi connectivity index (χ0v) is 17.3. The number of para-hydroxylation sites is 1. The third kappa shape index (κ3) is 2.86. The Kier molecular flexibility index (Phi) is 4.32. The van der Waals surface area contributed by atoms with Crippen molar-refractivity contribution in [3.8, 4) is 17.1 Å². The van der Waals surface area contributed by atoms with Gasteiger partial charge in [-0.25, -0.2) is 9.97 Å². The van der Waals surface area contributed by atoms with Crippen molar-refractivity contribution in [2.45, 2.75) is 13.5 Å². The van der Waals surface area contributed by atoms with Gasteiger partial charge in [0.2, 0.25) is 0 Å². The lowest BCUT2D eigenvalue weighted by atomic mass is 9.99. The number of hydrogen-bond donors (Lipinski definition) is 0. The largest absolute Gasteiger partial charge is 0.441 e. The average molecular weight is 464 g/mol. The summed E-state index contributed by atoms with van der Waals surface area (Å²) in [7, 11) is 0. The van der Waals surface area contributed by atoms with Gasteiger partial charge >= 0.3 is 0 Å². The van der Waals surface area contributed by atoms with Crippen LogP contribution in [0.1, 0.15) is 22.5 Å². The van der Waals surface area contributed by atoms with Crippen LogP contribution in [-0.4, -0.2) is 25.2 Å². The molecule has 0 bridgehead atoms. The number of nitrogens with zero attached hydrogens (tertiary/aromatic N) is 5. The van der Waals surface area contributed by atoms with E-state index in [2.05, 4.69) is 25.9 Å². The molecule has 0 N–H and O–H groups in total. The number of halogens is 1. The minimum atomic E-state index is -0.383. The minimum Gasteiger partial charge on any atom is -0.441 e. The molecule has 0 spiro atoms. The standard InChI is InChI=1S/C21H14BrN5O3/c1-12-21(30-11-25-12)20-18-9-23-19(14-4-2-3-5-17(14)27(28)29)15-8-13(22)6-7-16(15)26(18)10-24-20/h2-8,10-11H,9H2,1H3. The van der Waals surface area contributed by atoms with Gasteiger partial charge in [-0.3, -0.25) is 19.7 Å². The minimum absolute atomic E-state index is 0.0122. The zero-order chi connectivity index (χ0) is 20.8. The second kappa shape index (κ2) is 7.03. The molecule has 0 fully saturated rings. The van der Waals surface area contributed by atoms with E-state index in [-0.39, 0.29) is 17.2 Å². The maximum Gasteiger partial charge on any atom is 0.278 e. The van der Waals surface area contributed by atoms with Gasteiger partial charge < -0.3 is 4.42 Å². The molecule has 8 nitrogen and oxygen atoms in total. The van der Waals surface area contributed by atoms with Crippen molar-refractivity contribution in [3.05, 3.63) is 92.3 Å². The molecule has 1 aliphatic rings. The van der Waals surface area contributed by atoms with E-state index >= 15 is 0 Å². The summed E-state index contributed by atoms with van der Waals surface area (Å²) in [5.41, 5.74) is 4.87. The van der Waals surface area contributed by atoms with Crippen LogP contribution in [-0.2, 0) is 6.54 Å². The fourth-order valence-electron chi connectivity index (χ4n) is 3.66. The number of imidazole rings is 1. The maximum atomic E-state index is 11.7. The van der Waals surface area contributed by atoms with Gasteiger partial charge in [-0.05, 0) is 31.2 Å². The third-order valence-electron chi connectivity index (χ3n) is 5.04. The summed E-state index contributed by atoms with van der Waals surface area (Å²) < 4.78 is 8.35. The number of nitro benzene ring substituents is 1. The Morgan fingerprint density at radius 1 is 1.17 bits per heavy atom. The highest BCUT2D eigenvalue weighted by Gasteiger charge is 2.27. The van der Waals surface area contributed by atoms with Crippen LogP contribution < -0.4 is 0 Å². The number of hydrogen-bond acceptors (Lipinski definition) is 6. The zero-order valence-electron chi connectivity index (χ0n) is 15.7. The van der Waals surface area contributed by atoms with Crippen LogP contribution in [0.15, 0.2) is 69.1 Å². The first kappa shape index (κ1) is 18.4. The number of aliphatic imine (C=N–C) groups is 1. The van der Waals surface area contributed by atoms with Gasteiger partial charge in [-0.2, -0.15) is 0 Å². The Bertz CT molecular complexity index is 1340. The third-order valence-corrected chi connectivity index (χ3v) is 5.54. The SMILES string of the molecule is Cc1ncoc1-c1ncn2c1CN=C(c1ccccc1[N+](=O)[O-])c1cc(Br)ccc1-2. The topological polar surface area (TPSA) is 99.3 Å². The smallest absolute Gasteiger partial charge is 0.278 e. The van der Waals surface area contributed by atoms with Crippen molar-refractivity contribution in [2.24, 2.45) is 4.99 Å². The van der Waals surface area contributed by atoms with Crippen LogP contribution in [0.5, 0.6) is 0 Å². The molecule has 2 aromatic carbocycles. The fraction of sp³-hybridized carbons (Fsp3) is 0.0952. The Morgan fingerprint density at radius 3 is 2.77 bits per heavy atom. The summed E-state index contributed by atoms with van der Waals surface area (Å²) in [5, 5.41) is 11.7. The molecule has 3 heterocycles. The molecule has 4 aromatic rings. The van der Waals surface area contributed by atoms with E-state index in [9.17, 15) is 10.1 Å².